The molecule has 0 radical (unpaired) electrons. The lowest BCUT2D eigenvalue weighted by atomic mass is 10.1. The van der Waals surface area contributed by atoms with Crippen LogP contribution >= 0.6 is 0 Å². The third kappa shape index (κ3) is 3.18. The third-order valence-corrected chi connectivity index (χ3v) is 4.62. The van der Waals surface area contributed by atoms with Gasteiger partial charge in [-0.15, -0.1) is 10.2 Å². The van der Waals surface area contributed by atoms with Crippen LogP contribution in [-0.4, -0.2) is 41.2 Å². The molecule has 1 atom stereocenters. The van der Waals surface area contributed by atoms with Crippen molar-refractivity contribution in [2.75, 3.05) is 20.2 Å². The molecular formula is C20H19N3O3. The Morgan fingerprint density at radius 2 is 1.88 bits per heavy atom. The van der Waals surface area contributed by atoms with Crippen molar-refractivity contribution in [1.82, 2.24) is 15.1 Å². The minimum absolute atomic E-state index is 0.0120. The summed E-state index contributed by atoms with van der Waals surface area (Å²) in [7, 11) is 1.61. The van der Waals surface area contributed by atoms with Gasteiger partial charge in [-0.3, -0.25) is 4.79 Å². The van der Waals surface area contributed by atoms with Crippen LogP contribution in [0.15, 0.2) is 59.0 Å². The van der Waals surface area contributed by atoms with Gasteiger partial charge in [-0.2, -0.15) is 0 Å². The van der Waals surface area contributed by atoms with Crippen molar-refractivity contribution in [3.63, 3.8) is 0 Å². The number of rotatable bonds is 4. The summed E-state index contributed by atoms with van der Waals surface area (Å²) in [4.78, 5) is 14.5. The number of ether oxygens (including phenoxy) is 1. The quantitative estimate of drug-likeness (QED) is 0.722. The second-order valence-electron chi connectivity index (χ2n) is 6.28. The fourth-order valence-electron chi connectivity index (χ4n) is 3.16. The predicted molar refractivity (Wildman–Crippen MR) is 96.0 cm³/mol. The Kier molecular flexibility index (Phi) is 4.39. The van der Waals surface area contributed by atoms with Crippen molar-refractivity contribution in [2.45, 2.75) is 12.3 Å². The minimum Gasteiger partial charge on any atom is -0.497 e. The van der Waals surface area contributed by atoms with Gasteiger partial charge in [0, 0.05) is 24.2 Å². The van der Waals surface area contributed by atoms with Gasteiger partial charge in [0.15, 0.2) is 0 Å². The first-order valence-electron chi connectivity index (χ1n) is 8.57. The summed E-state index contributed by atoms with van der Waals surface area (Å²) < 4.78 is 11.0. The maximum atomic E-state index is 12.7. The summed E-state index contributed by atoms with van der Waals surface area (Å²) in [6.45, 7) is 1.26. The van der Waals surface area contributed by atoms with Crippen molar-refractivity contribution in [3.8, 4) is 17.2 Å². The molecule has 0 spiro atoms. The van der Waals surface area contributed by atoms with E-state index < -0.39 is 0 Å². The van der Waals surface area contributed by atoms with E-state index in [2.05, 4.69) is 10.2 Å². The van der Waals surface area contributed by atoms with Crippen LogP contribution in [0.25, 0.3) is 11.5 Å². The van der Waals surface area contributed by atoms with Gasteiger partial charge in [0.2, 0.25) is 11.8 Å². The molecule has 1 aliphatic rings. The zero-order valence-corrected chi connectivity index (χ0v) is 14.5. The molecule has 1 saturated heterocycles. The predicted octanol–water partition coefficient (Wildman–Crippen LogP) is 3.37. The molecule has 0 N–H and O–H groups in total. The Bertz CT molecular complexity index is 890. The molecule has 132 valence electrons. The molecule has 3 aromatic rings. The van der Waals surface area contributed by atoms with E-state index in [-0.39, 0.29) is 11.8 Å². The lowest BCUT2D eigenvalue weighted by molar-refractivity contribution is 0.0790. The van der Waals surface area contributed by atoms with Gasteiger partial charge in [-0.25, -0.2) is 0 Å². The lowest BCUT2D eigenvalue weighted by Crippen LogP contribution is -2.28. The van der Waals surface area contributed by atoms with Gasteiger partial charge in [-0.05, 0) is 42.8 Å². The van der Waals surface area contributed by atoms with Crippen molar-refractivity contribution in [1.29, 1.82) is 0 Å². The molecule has 0 unspecified atom stereocenters. The number of methoxy groups -OCH3 is 1. The highest BCUT2D eigenvalue weighted by Crippen LogP contribution is 2.29. The molecule has 1 aromatic heterocycles. The number of likely N-dealkylation sites (tertiary alicyclic amines) is 1. The van der Waals surface area contributed by atoms with E-state index in [4.69, 9.17) is 9.15 Å². The van der Waals surface area contributed by atoms with Gasteiger partial charge < -0.3 is 14.1 Å². The largest absolute Gasteiger partial charge is 0.497 e. The molecule has 2 heterocycles. The molecule has 1 fully saturated rings. The number of benzene rings is 2. The molecular weight excluding hydrogens is 330 g/mol. The molecule has 1 aliphatic heterocycles. The Labute approximate surface area is 151 Å². The first kappa shape index (κ1) is 16.3. The molecule has 0 bridgehead atoms. The fourth-order valence-corrected chi connectivity index (χ4v) is 3.16. The molecule has 0 saturated carbocycles. The van der Waals surface area contributed by atoms with Crippen molar-refractivity contribution in [2.24, 2.45) is 0 Å². The van der Waals surface area contributed by atoms with Crippen LogP contribution in [0.4, 0.5) is 0 Å². The second kappa shape index (κ2) is 7.00. The topological polar surface area (TPSA) is 68.5 Å². The number of carbonyl (C=O) groups is 1. The van der Waals surface area contributed by atoms with Crippen molar-refractivity contribution >= 4 is 5.91 Å². The number of nitrogens with zero attached hydrogens (tertiary/aromatic N) is 3. The van der Waals surface area contributed by atoms with Crippen LogP contribution in [0, 0.1) is 0 Å². The molecule has 6 heteroatoms. The first-order valence-corrected chi connectivity index (χ1v) is 8.57. The monoisotopic (exact) mass is 349 g/mol. The highest BCUT2D eigenvalue weighted by Gasteiger charge is 2.31. The highest BCUT2D eigenvalue weighted by atomic mass is 16.5. The maximum Gasteiger partial charge on any atom is 0.253 e. The molecule has 1 amide bonds. The number of hydrogen-bond donors (Lipinski definition) is 0. The van der Waals surface area contributed by atoms with Gasteiger partial charge in [-0.1, -0.05) is 18.2 Å². The van der Waals surface area contributed by atoms with Gasteiger partial charge >= 0.3 is 0 Å². The normalized spacial score (nSPS) is 16.7. The van der Waals surface area contributed by atoms with Crippen LogP contribution in [0.5, 0.6) is 5.75 Å². The van der Waals surface area contributed by atoms with Crippen LogP contribution < -0.4 is 4.74 Å². The van der Waals surface area contributed by atoms with E-state index in [1.165, 1.54) is 0 Å². The number of aromatic nitrogens is 2. The SMILES string of the molecule is COc1ccc(C(=O)N2CC[C@H](c3nnc(-c4ccccc4)o3)C2)cc1. The van der Waals surface area contributed by atoms with E-state index in [0.717, 1.165) is 17.7 Å². The minimum atomic E-state index is 0.0120. The average molecular weight is 349 g/mol. The zero-order chi connectivity index (χ0) is 17.9. The van der Waals surface area contributed by atoms with Gasteiger partial charge in [0.05, 0.1) is 13.0 Å². The average Bonchev–Trinajstić information content (AvgIpc) is 3.38. The smallest absolute Gasteiger partial charge is 0.253 e. The van der Waals surface area contributed by atoms with Gasteiger partial charge in [0.1, 0.15) is 5.75 Å². The molecule has 4 rings (SSSR count). The Balaban J connectivity index is 1.45. The van der Waals surface area contributed by atoms with E-state index in [0.29, 0.717) is 30.4 Å². The van der Waals surface area contributed by atoms with Crippen LogP contribution in [0.1, 0.15) is 28.6 Å². The summed E-state index contributed by atoms with van der Waals surface area (Å²) in [5.41, 5.74) is 1.55. The van der Waals surface area contributed by atoms with E-state index in [9.17, 15) is 4.79 Å². The van der Waals surface area contributed by atoms with Gasteiger partial charge in [0.25, 0.3) is 5.91 Å². The van der Waals surface area contributed by atoms with Crippen LogP contribution in [-0.2, 0) is 0 Å². The fraction of sp³-hybridized carbons (Fsp3) is 0.250. The summed E-state index contributed by atoms with van der Waals surface area (Å²) in [6.07, 6.45) is 0.818. The van der Waals surface area contributed by atoms with Crippen LogP contribution in [0.2, 0.25) is 0 Å². The number of hydrogen-bond acceptors (Lipinski definition) is 5. The van der Waals surface area contributed by atoms with Crippen molar-refractivity contribution < 1.29 is 13.9 Å². The zero-order valence-electron chi connectivity index (χ0n) is 14.5. The first-order chi connectivity index (χ1) is 12.7. The van der Waals surface area contributed by atoms with E-state index in [1.54, 1.807) is 31.4 Å². The Morgan fingerprint density at radius 1 is 1.12 bits per heavy atom. The highest BCUT2D eigenvalue weighted by molar-refractivity contribution is 5.94. The molecule has 6 nitrogen and oxygen atoms in total. The van der Waals surface area contributed by atoms with Crippen LogP contribution in [0.3, 0.4) is 0 Å². The Hall–Kier alpha value is -3.15. The lowest BCUT2D eigenvalue weighted by Gasteiger charge is -2.16. The molecule has 26 heavy (non-hydrogen) atoms. The summed E-state index contributed by atoms with van der Waals surface area (Å²) >= 11 is 0. The molecule has 2 aromatic carbocycles. The number of carbonyl (C=O) groups excluding carboxylic acids is 1. The third-order valence-electron chi connectivity index (χ3n) is 4.62. The van der Waals surface area contributed by atoms with E-state index >= 15 is 0 Å². The van der Waals surface area contributed by atoms with E-state index in [1.807, 2.05) is 35.2 Å². The molecule has 0 aliphatic carbocycles. The van der Waals surface area contributed by atoms with Crippen molar-refractivity contribution in [3.05, 3.63) is 66.1 Å². The Morgan fingerprint density at radius 3 is 2.62 bits per heavy atom. The summed E-state index contributed by atoms with van der Waals surface area (Å²) in [5, 5.41) is 8.34. The summed E-state index contributed by atoms with van der Waals surface area (Å²) in [6, 6.07) is 16.9. The maximum absolute atomic E-state index is 12.7. The number of amides is 1. The summed E-state index contributed by atoms with van der Waals surface area (Å²) in [5.74, 6) is 1.93. The second-order valence-corrected chi connectivity index (χ2v) is 6.28. The standard InChI is InChI=1S/C20H19N3O3/c1-25-17-9-7-15(8-10-17)20(24)23-12-11-16(13-23)19-22-21-18(26-19)14-5-3-2-4-6-14/h2-10,16H,11-13H2,1H3/t16-/m0/s1.